The number of nitrogens with zero attached hydrogens (tertiary/aromatic N) is 3. The molecule has 0 aliphatic heterocycles. The lowest BCUT2D eigenvalue weighted by Crippen LogP contribution is -2.11. The zero-order valence-corrected chi connectivity index (χ0v) is 8.92. The second-order valence-electron chi connectivity index (χ2n) is 2.64. The lowest BCUT2D eigenvalue weighted by Gasteiger charge is -1.98. The molecule has 0 N–H and O–H groups in total. The quantitative estimate of drug-likeness (QED) is 0.767. The molecule has 0 aromatic carbocycles. The fourth-order valence-corrected chi connectivity index (χ4v) is 3.37. The summed E-state index contributed by atoms with van der Waals surface area (Å²) in [5, 5.41) is 3.60. The molecular formula is C7H7N3O2S2. The van der Waals surface area contributed by atoms with Gasteiger partial charge in [-0.1, -0.05) is 0 Å². The Morgan fingerprint density at radius 2 is 2.21 bits per heavy atom. The minimum Gasteiger partial charge on any atom is -0.222 e. The first-order chi connectivity index (χ1) is 6.60. The summed E-state index contributed by atoms with van der Waals surface area (Å²) in [7, 11) is -3.51. The second kappa shape index (κ2) is 3.18. The molecule has 0 radical (unpaired) electrons. The first-order valence-electron chi connectivity index (χ1n) is 3.77. The number of rotatable bonds is 2. The third kappa shape index (κ3) is 1.44. The van der Waals surface area contributed by atoms with Gasteiger partial charge in [-0.25, -0.2) is 4.98 Å². The van der Waals surface area contributed by atoms with Crippen molar-refractivity contribution in [2.75, 3.05) is 0 Å². The van der Waals surface area contributed by atoms with Crippen LogP contribution in [-0.2, 0) is 10.0 Å². The summed E-state index contributed by atoms with van der Waals surface area (Å²) >= 11 is 1.22. The summed E-state index contributed by atoms with van der Waals surface area (Å²) in [6.45, 7) is 1.85. The first-order valence-corrected chi connectivity index (χ1v) is 6.03. The van der Waals surface area contributed by atoms with Crippen LogP contribution in [0.5, 0.6) is 0 Å². The largest absolute Gasteiger partial charge is 0.293 e. The highest BCUT2D eigenvalue weighted by Crippen LogP contribution is 2.21. The summed E-state index contributed by atoms with van der Waals surface area (Å²) in [5.41, 5.74) is 0. The molecule has 0 unspecified atom stereocenters. The van der Waals surface area contributed by atoms with Gasteiger partial charge in [0, 0.05) is 4.88 Å². The van der Waals surface area contributed by atoms with Crippen molar-refractivity contribution in [2.45, 2.75) is 11.1 Å². The summed E-state index contributed by atoms with van der Waals surface area (Å²) < 4.78 is 24.7. The molecule has 0 aliphatic rings. The van der Waals surface area contributed by atoms with Crippen LogP contribution in [0.15, 0.2) is 29.0 Å². The van der Waals surface area contributed by atoms with Crippen LogP contribution in [0.4, 0.5) is 0 Å². The summed E-state index contributed by atoms with van der Waals surface area (Å²) in [6.07, 6.45) is 2.36. The van der Waals surface area contributed by atoms with Crippen molar-refractivity contribution in [3.63, 3.8) is 0 Å². The van der Waals surface area contributed by atoms with Gasteiger partial charge in [0.05, 0.1) is 0 Å². The topological polar surface area (TPSA) is 64.8 Å². The Balaban J connectivity index is 2.54. The van der Waals surface area contributed by atoms with Crippen LogP contribution < -0.4 is 0 Å². The molecular weight excluding hydrogens is 222 g/mol. The van der Waals surface area contributed by atoms with Gasteiger partial charge >= 0.3 is 0 Å². The molecule has 74 valence electrons. The van der Waals surface area contributed by atoms with Gasteiger partial charge in [-0.2, -0.15) is 8.42 Å². The standard InChI is InChI=1S/C7H7N3O2S2/c1-6-2-3-7(13-6)14(11,12)10-5-8-4-9-10/h2-5H,1H3. The predicted molar refractivity (Wildman–Crippen MR) is 51.7 cm³/mol. The molecule has 0 amide bonds. The van der Waals surface area contributed by atoms with Crippen LogP contribution >= 0.6 is 11.3 Å². The number of aromatic nitrogens is 3. The van der Waals surface area contributed by atoms with Gasteiger partial charge < -0.3 is 0 Å². The smallest absolute Gasteiger partial charge is 0.222 e. The van der Waals surface area contributed by atoms with Gasteiger partial charge in [-0.05, 0) is 19.1 Å². The van der Waals surface area contributed by atoms with Crippen LogP contribution in [0, 0.1) is 6.92 Å². The Hall–Kier alpha value is -1.21. The zero-order chi connectivity index (χ0) is 10.2. The van der Waals surface area contributed by atoms with E-state index in [1.54, 1.807) is 12.1 Å². The SMILES string of the molecule is Cc1ccc(S(=O)(=O)n2cncn2)s1. The van der Waals surface area contributed by atoms with E-state index in [1.807, 2.05) is 6.92 Å². The molecule has 2 heterocycles. The lowest BCUT2D eigenvalue weighted by molar-refractivity contribution is 0.582. The monoisotopic (exact) mass is 229 g/mol. The Morgan fingerprint density at radius 1 is 1.43 bits per heavy atom. The minimum atomic E-state index is -3.51. The lowest BCUT2D eigenvalue weighted by atomic mass is 10.5. The van der Waals surface area contributed by atoms with Crippen LogP contribution in [0.1, 0.15) is 4.88 Å². The maximum absolute atomic E-state index is 11.8. The number of aryl methyl sites for hydroxylation is 1. The molecule has 0 bridgehead atoms. The Bertz CT molecular complexity index is 527. The Labute approximate surface area is 85.1 Å². The normalized spacial score (nSPS) is 11.8. The van der Waals surface area contributed by atoms with Crippen molar-refractivity contribution in [3.05, 3.63) is 29.7 Å². The van der Waals surface area contributed by atoms with Gasteiger partial charge in [0.25, 0.3) is 10.0 Å². The number of thiophene rings is 1. The Kier molecular flexibility index (Phi) is 2.12. The highest BCUT2D eigenvalue weighted by atomic mass is 32.2. The van der Waals surface area contributed by atoms with Crippen molar-refractivity contribution < 1.29 is 8.42 Å². The molecule has 2 aromatic heterocycles. The first kappa shape index (κ1) is 9.35. The van der Waals surface area contributed by atoms with Gasteiger partial charge in [-0.15, -0.1) is 20.5 Å². The summed E-state index contributed by atoms with van der Waals surface area (Å²) in [4.78, 5) is 4.55. The molecule has 0 atom stereocenters. The van der Waals surface area contributed by atoms with E-state index in [-0.39, 0.29) is 4.21 Å². The fraction of sp³-hybridized carbons (Fsp3) is 0.143. The highest BCUT2D eigenvalue weighted by Gasteiger charge is 2.18. The average Bonchev–Trinajstić information content (AvgIpc) is 2.72. The number of hydrogen-bond acceptors (Lipinski definition) is 5. The molecule has 0 spiro atoms. The van der Waals surface area contributed by atoms with E-state index in [0.29, 0.717) is 0 Å². The third-order valence-electron chi connectivity index (χ3n) is 1.61. The van der Waals surface area contributed by atoms with Crippen molar-refractivity contribution in [1.29, 1.82) is 0 Å². The van der Waals surface area contributed by atoms with Crippen LogP contribution in [0.25, 0.3) is 0 Å². The van der Waals surface area contributed by atoms with E-state index < -0.39 is 10.0 Å². The van der Waals surface area contributed by atoms with Gasteiger partial charge in [0.15, 0.2) is 0 Å². The van der Waals surface area contributed by atoms with E-state index in [4.69, 9.17) is 0 Å². The summed E-state index contributed by atoms with van der Waals surface area (Å²) in [6, 6.07) is 3.32. The van der Waals surface area contributed by atoms with Crippen LogP contribution in [0.3, 0.4) is 0 Å². The molecule has 14 heavy (non-hydrogen) atoms. The van der Waals surface area contributed by atoms with E-state index >= 15 is 0 Å². The molecule has 0 saturated carbocycles. The highest BCUT2D eigenvalue weighted by molar-refractivity contribution is 7.91. The Morgan fingerprint density at radius 3 is 2.71 bits per heavy atom. The van der Waals surface area contributed by atoms with Crippen LogP contribution in [0.2, 0.25) is 0 Å². The summed E-state index contributed by atoms with van der Waals surface area (Å²) in [5.74, 6) is 0. The molecule has 0 saturated heterocycles. The van der Waals surface area contributed by atoms with Crippen molar-refractivity contribution in [2.24, 2.45) is 0 Å². The van der Waals surface area contributed by atoms with Crippen LogP contribution in [-0.4, -0.2) is 22.6 Å². The van der Waals surface area contributed by atoms with Gasteiger partial charge in [0.2, 0.25) is 0 Å². The zero-order valence-electron chi connectivity index (χ0n) is 7.28. The maximum atomic E-state index is 11.8. The maximum Gasteiger partial charge on any atom is 0.293 e. The van der Waals surface area contributed by atoms with Crippen molar-refractivity contribution >= 4 is 21.4 Å². The predicted octanol–water partition coefficient (Wildman–Crippen LogP) is 0.885. The van der Waals surface area contributed by atoms with Gasteiger partial charge in [0.1, 0.15) is 16.9 Å². The fourth-order valence-electron chi connectivity index (χ4n) is 0.964. The average molecular weight is 229 g/mol. The van der Waals surface area contributed by atoms with E-state index in [9.17, 15) is 8.42 Å². The second-order valence-corrected chi connectivity index (χ2v) is 5.95. The minimum absolute atomic E-state index is 0.278. The molecule has 0 fully saturated rings. The number of hydrogen-bond donors (Lipinski definition) is 0. The van der Waals surface area contributed by atoms with Crippen molar-refractivity contribution in [3.8, 4) is 0 Å². The molecule has 2 rings (SSSR count). The molecule has 5 nitrogen and oxygen atoms in total. The van der Waals surface area contributed by atoms with E-state index in [2.05, 4.69) is 10.1 Å². The molecule has 7 heteroatoms. The van der Waals surface area contributed by atoms with E-state index in [0.717, 1.165) is 8.96 Å². The van der Waals surface area contributed by atoms with Crippen molar-refractivity contribution in [1.82, 2.24) is 14.2 Å². The van der Waals surface area contributed by atoms with Gasteiger partial charge in [-0.3, -0.25) is 0 Å². The third-order valence-corrected chi connectivity index (χ3v) is 4.62. The molecule has 2 aromatic rings. The molecule has 0 aliphatic carbocycles. The van der Waals surface area contributed by atoms with E-state index in [1.165, 1.54) is 24.0 Å².